The van der Waals surface area contributed by atoms with Crippen molar-refractivity contribution in [3.63, 3.8) is 0 Å². The van der Waals surface area contributed by atoms with Crippen LogP contribution in [0, 0.1) is 23.1 Å². The molecule has 6 nitrogen and oxygen atoms in total. The fraction of sp³-hybridized carbons (Fsp3) is 0.444. The van der Waals surface area contributed by atoms with Crippen LogP contribution in [-0.4, -0.2) is 37.0 Å². The van der Waals surface area contributed by atoms with Crippen LogP contribution in [0.5, 0.6) is 0 Å². The van der Waals surface area contributed by atoms with E-state index in [0.717, 1.165) is 36.1 Å². The summed E-state index contributed by atoms with van der Waals surface area (Å²) in [7, 11) is 1.76. The van der Waals surface area contributed by atoms with E-state index in [1.807, 2.05) is 38.1 Å². The molecule has 2 aliphatic heterocycles. The summed E-state index contributed by atoms with van der Waals surface area (Å²) in [6, 6.07) is 12.1. The Morgan fingerprint density at radius 3 is 2.65 bits per heavy atom. The van der Waals surface area contributed by atoms with Crippen molar-refractivity contribution in [2.24, 2.45) is 5.92 Å². The lowest BCUT2D eigenvalue weighted by Gasteiger charge is -2.23. The fourth-order valence-electron chi connectivity index (χ4n) is 5.81. The molecule has 1 saturated carbocycles. The molecule has 34 heavy (non-hydrogen) atoms. The van der Waals surface area contributed by atoms with E-state index < -0.39 is 17.3 Å². The number of carbonyl (C=O) groups is 2. The van der Waals surface area contributed by atoms with E-state index in [1.54, 1.807) is 18.0 Å². The zero-order chi connectivity index (χ0) is 24.2. The molecule has 0 spiro atoms. The van der Waals surface area contributed by atoms with Crippen molar-refractivity contribution < 1.29 is 14.0 Å². The monoisotopic (exact) mass is 460 g/mol. The quantitative estimate of drug-likeness (QED) is 0.716. The summed E-state index contributed by atoms with van der Waals surface area (Å²) in [6.07, 6.45) is 3.25. The third kappa shape index (κ3) is 3.67. The Labute approximate surface area is 199 Å². The number of nitrogens with one attached hydrogen (secondary N) is 2. The minimum atomic E-state index is -0.796. The molecule has 176 valence electrons. The molecule has 4 atom stereocenters. The van der Waals surface area contributed by atoms with E-state index >= 15 is 4.39 Å². The van der Waals surface area contributed by atoms with Gasteiger partial charge < -0.3 is 15.5 Å². The Hall–Kier alpha value is -3.24. The van der Waals surface area contributed by atoms with Crippen molar-refractivity contribution in [3.05, 3.63) is 53.3 Å². The Kier molecular flexibility index (Phi) is 5.44. The van der Waals surface area contributed by atoms with Crippen LogP contribution >= 0.6 is 0 Å². The van der Waals surface area contributed by atoms with Crippen LogP contribution in [0.1, 0.15) is 44.2 Å². The molecule has 0 radical (unpaired) electrons. The highest BCUT2D eigenvalue weighted by Crippen LogP contribution is 2.42. The van der Waals surface area contributed by atoms with Crippen molar-refractivity contribution in [2.45, 2.75) is 63.1 Å². The molecule has 1 aliphatic carbocycles. The highest BCUT2D eigenvalue weighted by molar-refractivity contribution is 6.07. The van der Waals surface area contributed by atoms with Crippen LogP contribution in [0.2, 0.25) is 0 Å². The number of hydrogen-bond donors (Lipinski definition) is 2. The van der Waals surface area contributed by atoms with Gasteiger partial charge in [-0.05, 0) is 73.4 Å². The summed E-state index contributed by atoms with van der Waals surface area (Å²) in [5.74, 6) is -0.232. The number of fused-ring (bicyclic) bond motifs is 3. The molecule has 3 unspecified atom stereocenters. The summed E-state index contributed by atoms with van der Waals surface area (Å²) >= 11 is 0. The van der Waals surface area contributed by atoms with Gasteiger partial charge in [-0.3, -0.25) is 9.59 Å². The van der Waals surface area contributed by atoms with Crippen LogP contribution < -0.4 is 15.5 Å². The second-order valence-corrected chi connectivity index (χ2v) is 10.3. The Bertz CT molecular complexity index is 1220. The van der Waals surface area contributed by atoms with Crippen LogP contribution in [-0.2, 0) is 21.4 Å². The first kappa shape index (κ1) is 22.5. The minimum absolute atomic E-state index is 0.0337. The van der Waals surface area contributed by atoms with E-state index in [4.69, 9.17) is 0 Å². The summed E-state index contributed by atoms with van der Waals surface area (Å²) in [6.45, 7) is 3.81. The van der Waals surface area contributed by atoms with Crippen molar-refractivity contribution in [1.82, 2.24) is 10.6 Å². The van der Waals surface area contributed by atoms with E-state index in [9.17, 15) is 14.9 Å². The number of carbonyl (C=O) groups excluding carboxylic acids is 2. The third-order valence-corrected chi connectivity index (χ3v) is 7.80. The molecular formula is C27H29FN4O2. The molecule has 2 aromatic carbocycles. The Morgan fingerprint density at radius 2 is 2.00 bits per heavy atom. The number of rotatable bonds is 5. The molecule has 2 N–H and O–H groups in total. The number of nitrogens with zero attached hydrogens (tertiary/aromatic N) is 2. The average molecular weight is 461 g/mol. The molecule has 2 fully saturated rings. The van der Waals surface area contributed by atoms with Gasteiger partial charge in [-0.25, -0.2) is 4.39 Å². The zero-order valence-corrected chi connectivity index (χ0v) is 19.7. The molecule has 3 aliphatic rings. The molecule has 2 amide bonds. The second kappa shape index (κ2) is 8.21. The van der Waals surface area contributed by atoms with Gasteiger partial charge in [0.15, 0.2) is 0 Å². The topological polar surface area (TPSA) is 85.2 Å². The van der Waals surface area contributed by atoms with Gasteiger partial charge in [0.2, 0.25) is 11.8 Å². The summed E-state index contributed by atoms with van der Waals surface area (Å²) in [5, 5.41) is 15.7. The number of halogens is 1. The summed E-state index contributed by atoms with van der Waals surface area (Å²) in [4.78, 5) is 26.9. The molecule has 7 heteroatoms. The second-order valence-electron chi connectivity index (χ2n) is 10.3. The van der Waals surface area contributed by atoms with Crippen LogP contribution in [0.15, 0.2) is 36.4 Å². The van der Waals surface area contributed by atoms with Crippen molar-refractivity contribution in [1.29, 1.82) is 5.26 Å². The van der Waals surface area contributed by atoms with Crippen LogP contribution in [0.25, 0.3) is 11.1 Å². The van der Waals surface area contributed by atoms with Crippen molar-refractivity contribution >= 4 is 17.5 Å². The molecule has 5 rings (SSSR count). The number of benzene rings is 2. The SMILES string of the molecule is CN1C(=O)C(C)(C)c2ccc(-c3ccc(C[C@@H](C#N)NC(=O)C4NC5CCC4C5)c(F)c3)cc21. The van der Waals surface area contributed by atoms with Gasteiger partial charge in [0.05, 0.1) is 17.5 Å². The maximum Gasteiger partial charge on any atom is 0.238 e. The Morgan fingerprint density at radius 1 is 1.26 bits per heavy atom. The van der Waals surface area contributed by atoms with Gasteiger partial charge in [0, 0.05) is 25.2 Å². The number of amides is 2. The highest BCUT2D eigenvalue weighted by atomic mass is 19.1. The van der Waals surface area contributed by atoms with Gasteiger partial charge in [-0.2, -0.15) is 5.26 Å². The lowest BCUT2D eigenvalue weighted by Crippen LogP contribution is -2.50. The first-order valence-electron chi connectivity index (χ1n) is 11.9. The van der Waals surface area contributed by atoms with Crippen molar-refractivity contribution in [3.8, 4) is 17.2 Å². The number of hydrogen-bond acceptors (Lipinski definition) is 4. The first-order chi connectivity index (χ1) is 16.2. The van der Waals surface area contributed by atoms with Gasteiger partial charge in [0.1, 0.15) is 11.9 Å². The lowest BCUT2D eigenvalue weighted by atomic mass is 9.85. The molecule has 2 heterocycles. The standard InChI is InChI=1S/C27H29FN4O2/c1-27(2)21-9-7-16(13-23(21)32(3)26(27)34)15-4-5-17(22(28)12-15)10-20(14-29)31-25(33)24-18-6-8-19(11-18)30-24/h4-5,7,9,12-13,18-20,24,30H,6,8,10-11H2,1-3H3,(H,31,33)/t18?,19?,20-,24?/m0/s1. The van der Waals surface area contributed by atoms with Gasteiger partial charge in [-0.1, -0.05) is 24.3 Å². The normalized spacial score (nSPS) is 25.2. The largest absolute Gasteiger partial charge is 0.339 e. The Balaban J connectivity index is 1.31. The predicted molar refractivity (Wildman–Crippen MR) is 128 cm³/mol. The molecule has 2 bridgehead atoms. The number of anilines is 1. The summed E-state index contributed by atoms with van der Waals surface area (Å²) < 4.78 is 15.0. The van der Waals surface area contributed by atoms with E-state index in [-0.39, 0.29) is 24.3 Å². The molecule has 2 aromatic rings. The van der Waals surface area contributed by atoms with Gasteiger partial charge in [0.25, 0.3) is 0 Å². The van der Waals surface area contributed by atoms with Gasteiger partial charge in [-0.15, -0.1) is 0 Å². The van der Waals surface area contributed by atoms with E-state index in [2.05, 4.69) is 16.7 Å². The van der Waals surface area contributed by atoms with E-state index in [0.29, 0.717) is 23.1 Å². The smallest absolute Gasteiger partial charge is 0.238 e. The number of piperidine rings is 1. The van der Waals surface area contributed by atoms with E-state index in [1.165, 1.54) is 6.07 Å². The lowest BCUT2D eigenvalue weighted by molar-refractivity contribution is -0.124. The number of likely N-dealkylation sites (N-methyl/N-ethyl adjacent to an activating group) is 1. The average Bonchev–Trinajstić information content (AvgIpc) is 3.50. The third-order valence-electron chi connectivity index (χ3n) is 7.80. The summed E-state index contributed by atoms with van der Waals surface area (Å²) in [5.41, 5.74) is 3.09. The van der Waals surface area contributed by atoms with Gasteiger partial charge >= 0.3 is 0 Å². The predicted octanol–water partition coefficient (Wildman–Crippen LogP) is 3.44. The molecular weight excluding hydrogens is 431 g/mol. The number of nitriles is 1. The minimum Gasteiger partial charge on any atom is -0.339 e. The zero-order valence-electron chi connectivity index (χ0n) is 19.7. The highest BCUT2D eigenvalue weighted by Gasteiger charge is 2.43. The fourth-order valence-corrected chi connectivity index (χ4v) is 5.81. The van der Waals surface area contributed by atoms with Crippen LogP contribution in [0.4, 0.5) is 10.1 Å². The first-order valence-corrected chi connectivity index (χ1v) is 11.9. The maximum atomic E-state index is 15.0. The molecule has 1 saturated heterocycles. The maximum absolute atomic E-state index is 15.0. The van der Waals surface area contributed by atoms with Crippen molar-refractivity contribution in [2.75, 3.05) is 11.9 Å². The molecule has 0 aromatic heterocycles. The van der Waals surface area contributed by atoms with Crippen LogP contribution in [0.3, 0.4) is 0 Å².